The van der Waals surface area contributed by atoms with Crippen LogP contribution in [0.5, 0.6) is 0 Å². The van der Waals surface area contributed by atoms with Crippen LogP contribution in [0.2, 0.25) is 0 Å². The minimum Gasteiger partial charge on any atom is -0.403 e. The highest BCUT2D eigenvalue weighted by atomic mass is 16.5. The van der Waals surface area contributed by atoms with Gasteiger partial charge in [-0.1, -0.05) is 59.7 Å². The highest BCUT2D eigenvalue weighted by Crippen LogP contribution is 2.29. The van der Waals surface area contributed by atoms with Gasteiger partial charge < -0.3 is 19.4 Å². The number of ketones is 1. The van der Waals surface area contributed by atoms with Gasteiger partial charge in [0.25, 0.3) is 0 Å². The molecule has 8 heteroatoms. The van der Waals surface area contributed by atoms with Gasteiger partial charge in [-0.3, -0.25) is 9.79 Å². The molecule has 1 saturated heterocycles. The summed E-state index contributed by atoms with van der Waals surface area (Å²) in [6.45, 7) is 5.24. The van der Waals surface area contributed by atoms with E-state index in [4.69, 9.17) is 14.1 Å². The molecule has 8 nitrogen and oxygen atoms in total. The van der Waals surface area contributed by atoms with E-state index >= 15 is 0 Å². The molecule has 0 saturated carbocycles. The number of aryl methyl sites for hydroxylation is 1. The van der Waals surface area contributed by atoms with E-state index in [0.717, 1.165) is 65.5 Å². The first-order valence-electron chi connectivity index (χ1n) is 12.4. The summed E-state index contributed by atoms with van der Waals surface area (Å²) in [5.74, 6) is 0.328. The average Bonchev–Trinajstić information content (AvgIpc) is 3.35. The number of carbonyl (C=O) groups excluding carboxylic acids is 1. The molecule has 186 valence electrons. The van der Waals surface area contributed by atoms with E-state index < -0.39 is 6.17 Å². The van der Waals surface area contributed by atoms with E-state index in [1.54, 1.807) is 0 Å². The van der Waals surface area contributed by atoms with Gasteiger partial charge in [0.1, 0.15) is 0 Å². The zero-order chi connectivity index (χ0) is 25.2. The molecule has 3 aromatic carbocycles. The number of Topliss-reactive ketones (excluding diaryl/α,β-unsaturated/α-hetero) is 1. The normalized spacial score (nSPS) is 17.6. The molecule has 0 bridgehead atoms. The number of hydrogen-bond acceptors (Lipinski definition) is 8. The molecule has 2 aliphatic rings. The second-order valence-electron chi connectivity index (χ2n) is 9.20. The zero-order valence-electron chi connectivity index (χ0n) is 20.6. The fourth-order valence-corrected chi connectivity index (χ4v) is 4.81. The van der Waals surface area contributed by atoms with Crippen molar-refractivity contribution in [2.24, 2.45) is 4.99 Å². The van der Waals surface area contributed by atoms with Crippen LogP contribution in [0, 0.1) is 6.92 Å². The molecule has 0 radical (unpaired) electrons. The molecule has 1 N–H and O–H groups in total. The number of anilines is 2. The van der Waals surface area contributed by atoms with Crippen molar-refractivity contribution in [1.29, 1.82) is 0 Å². The number of nitrogens with zero attached hydrogens (tertiary/aromatic N) is 4. The Hall–Kier alpha value is -4.30. The maximum absolute atomic E-state index is 13.2. The number of benzene rings is 3. The third-order valence-corrected chi connectivity index (χ3v) is 6.75. The highest BCUT2D eigenvalue weighted by molar-refractivity contribution is 6.16. The van der Waals surface area contributed by atoms with Gasteiger partial charge in [0.05, 0.1) is 18.9 Å². The number of fused-ring (bicyclic) bond motifs is 1. The van der Waals surface area contributed by atoms with Crippen molar-refractivity contribution in [3.05, 3.63) is 95.1 Å². The van der Waals surface area contributed by atoms with Gasteiger partial charge in [-0.2, -0.15) is 0 Å². The lowest BCUT2D eigenvalue weighted by molar-refractivity contribution is -0.119. The Morgan fingerprint density at radius 2 is 1.70 bits per heavy atom. The lowest BCUT2D eigenvalue weighted by Crippen LogP contribution is -2.36. The monoisotopic (exact) mass is 493 g/mol. The number of carbonyl (C=O) groups is 1. The molecule has 2 aliphatic heterocycles. The van der Waals surface area contributed by atoms with E-state index in [9.17, 15) is 4.79 Å². The number of hydrogen-bond donors (Lipinski definition) is 1. The quantitative estimate of drug-likeness (QED) is 0.444. The molecule has 0 aliphatic carbocycles. The predicted octanol–water partition coefficient (Wildman–Crippen LogP) is 4.28. The third kappa shape index (κ3) is 4.75. The zero-order valence-corrected chi connectivity index (χ0v) is 20.6. The maximum Gasteiger partial charge on any atom is 0.317 e. The maximum atomic E-state index is 13.2. The summed E-state index contributed by atoms with van der Waals surface area (Å²) in [5.41, 5.74) is 6.63. The average molecular weight is 494 g/mol. The Labute approximate surface area is 215 Å². The van der Waals surface area contributed by atoms with Gasteiger partial charge in [-0.05, 0) is 36.2 Å². The van der Waals surface area contributed by atoms with Crippen LogP contribution >= 0.6 is 0 Å². The molecule has 0 spiro atoms. The Morgan fingerprint density at radius 1 is 0.919 bits per heavy atom. The lowest BCUT2D eigenvalue weighted by atomic mass is 9.96. The van der Waals surface area contributed by atoms with Crippen molar-refractivity contribution in [3.8, 4) is 11.5 Å². The third-order valence-electron chi connectivity index (χ3n) is 6.75. The number of nitrogens with one attached hydrogen (secondary N) is 1. The van der Waals surface area contributed by atoms with Crippen LogP contribution in [0.3, 0.4) is 0 Å². The van der Waals surface area contributed by atoms with Crippen molar-refractivity contribution in [3.63, 3.8) is 0 Å². The van der Waals surface area contributed by atoms with Crippen LogP contribution in [0.25, 0.3) is 11.5 Å². The molecule has 0 unspecified atom stereocenters. The molecule has 6 rings (SSSR count). The van der Waals surface area contributed by atoms with E-state index in [0.29, 0.717) is 5.89 Å². The molecule has 4 aromatic rings. The van der Waals surface area contributed by atoms with Gasteiger partial charge in [0, 0.05) is 41.9 Å². The van der Waals surface area contributed by atoms with Gasteiger partial charge in [-0.15, -0.1) is 5.10 Å². The predicted molar refractivity (Wildman–Crippen MR) is 142 cm³/mol. The van der Waals surface area contributed by atoms with Gasteiger partial charge >= 0.3 is 6.01 Å². The largest absolute Gasteiger partial charge is 0.403 e. The molecule has 0 amide bonds. The molecular formula is C29H27N5O3. The number of ether oxygens (including phenoxy) is 1. The van der Waals surface area contributed by atoms with Crippen LogP contribution in [0.4, 0.5) is 11.7 Å². The number of rotatable bonds is 5. The van der Waals surface area contributed by atoms with Crippen molar-refractivity contribution in [2.45, 2.75) is 19.5 Å². The van der Waals surface area contributed by atoms with Crippen molar-refractivity contribution >= 4 is 23.2 Å². The minimum absolute atomic E-state index is 0.0656. The summed E-state index contributed by atoms with van der Waals surface area (Å²) in [5, 5.41) is 11.5. The van der Waals surface area contributed by atoms with Crippen LogP contribution in [0.1, 0.15) is 22.3 Å². The number of aliphatic imine (C=N–C) groups is 1. The van der Waals surface area contributed by atoms with Crippen molar-refractivity contribution in [1.82, 2.24) is 10.2 Å². The molecule has 3 heterocycles. The first kappa shape index (κ1) is 23.1. The molecule has 37 heavy (non-hydrogen) atoms. The van der Waals surface area contributed by atoms with E-state index in [1.807, 2.05) is 67.6 Å². The molecular weight excluding hydrogens is 466 g/mol. The Bertz CT molecular complexity index is 1460. The SMILES string of the molecule is Cc1cc(N2CCOCC2)ccc1-c1nnc(N[C@H]2N=C(c3ccccc3)c3ccccc3CC2=O)o1. The molecule has 1 aromatic heterocycles. The Morgan fingerprint density at radius 3 is 2.51 bits per heavy atom. The van der Waals surface area contributed by atoms with Gasteiger partial charge in [0.15, 0.2) is 11.9 Å². The highest BCUT2D eigenvalue weighted by Gasteiger charge is 2.27. The van der Waals surface area contributed by atoms with Crippen LogP contribution in [0.15, 0.2) is 82.2 Å². The van der Waals surface area contributed by atoms with E-state index in [1.165, 1.54) is 0 Å². The van der Waals surface area contributed by atoms with Crippen LogP contribution in [-0.4, -0.2) is 54.2 Å². The van der Waals surface area contributed by atoms with E-state index in [2.05, 4.69) is 32.5 Å². The Kier molecular flexibility index (Phi) is 6.24. The Balaban J connectivity index is 1.27. The summed E-state index contributed by atoms with van der Waals surface area (Å²) in [6.07, 6.45) is -0.586. The molecule has 1 atom stereocenters. The first-order chi connectivity index (χ1) is 18.2. The summed E-state index contributed by atoms with van der Waals surface area (Å²) < 4.78 is 11.4. The van der Waals surface area contributed by atoms with E-state index in [-0.39, 0.29) is 18.2 Å². The van der Waals surface area contributed by atoms with Gasteiger partial charge in [0.2, 0.25) is 5.89 Å². The summed E-state index contributed by atoms with van der Waals surface area (Å²) >= 11 is 0. The summed E-state index contributed by atoms with van der Waals surface area (Å²) in [6, 6.07) is 24.1. The number of morpholine rings is 1. The van der Waals surface area contributed by atoms with Crippen molar-refractivity contribution < 1.29 is 13.9 Å². The standard InChI is InChI=1S/C29H27N5O3/c1-19-17-22(34-13-15-36-16-14-34)11-12-23(19)28-32-33-29(37-28)31-27-25(35)18-21-9-5-6-10-24(21)26(30-27)20-7-3-2-4-8-20/h2-12,17,27H,13-16,18H2,1H3,(H,31,33)/t27-/m1/s1. The summed E-state index contributed by atoms with van der Waals surface area (Å²) in [7, 11) is 0. The fourth-order valence-electron chi connectivity index (χ4n) is 4.81. The topological polar surface area (TPSA) is 92.9 Å². The summed E-state index contributed by atoms with van der Waals surface area (Å²) in [4.78, 5) is 20.3. The van der Waals surface area contributed by atoms with Crippen LogP contribution in [-0.2, 0) is 16.0 Å². The minimum atomic E-state index is -0.847. The number of aromatic nitrogens is 2. The van der Waals surface area contributed by atoms with Gasteiger partial charge in [-0.25, -0.2) is 0 Å². The second kappa shape index (κ2) is 9.99. The smallest absolute Gasteiger partial charge is 0.317 e. The van der Waals surface area contributed by atoms with Crippen LogP contribution < -0.4 is 10.2 Å². The lowest BCUT2D eigenvalue weighted by Gasteiger charge is -2.29. The molecule has 1 fully saturated rings. The van der Waals surface area contributed by atoms with Crippen molar-refractivity contribution in [2.75, 3.05) is 36.5 Å². The second-order valence-corrected chi connectivity index (χ2v) is 9.20. The fraction of sp³-hybridized carbons (Fsp3) is 0.241. The first-order valence-corrected chi connectivity index (χ1v) is 12.4.